The van der Waals surface area contributed by atoms with Gasteiger partial charge in [0.1, 0.15) is 0 Å². The van der Waals surface area contributed by atoms with Crippen molar-refractivity contribution >= 4 is 22.9 Å². The summed E-state index contributed by atoms with van der Waals surface area (Å²) < 4.78 is 0. The van der Waals surface area contributed by atoms with Crippen molar-refractivity contribution in [3.8, 4) is 0 Å². The molecule has 0 aliphatic heterocycles. The predicted molar refractivity (Wildman–Crippen MR) is 69.4 cm³/mol. The smallest absolute Gasteiger partial charge is 0.227 e. The Morgan fingerprint density at radius 2 is 1.88 bits per heavy atom. The molecule has 0 saturated carbocycles. The Balaban J connectivity index is 2.77. The van der Waals surface area contributed by atoms with Gasteiger partial charge < -0.3 is 0 Å². The molecule has 1 aromatic rings. The van der Waals surface area contributed by atoms with Gasteiger partial charge in [-0.1, -0.05) is 55.8 Å². The van der Waals surface area contributed by atoms with Crippen LogP contribution in [0.5, 0.6) is 0 Å². The van der Waals surface area contributed by atoms with E-state index in [1.165, 1.54) is 0 Å². The highest BCUT2D eigenvalue weighted by molar-refractivity contribution is 6.64. The van der Waals surface area contributed by atoms with Crippen molar-refractivity contribution in [2.75, 3.05) is 0 Å². The Hall–Kier alpha value is -1.08. The highest BCUT2D eigenvalue weighted by atomic mass is 35.5. The second-order valence-electron chi connectivity index (χ2n) is 4.74. The summed E-state index contributed by atoms with van der Waals surface area (Å²) in [6.45, 7) is 5.75. The molecule has 2 heteroatoms. The molecular formula is C14H17ClO. The largest absolute Gasteiger partial charge is 0.281 e. The minimum atomic E-state index is -0.489. The van der Waals surface area contributed by atoms with Gasteiger partial charge in [0.25, 0.3) is 0 Å². The van der Waals surface area contributed by atoms with E-state index in [1.54, 1.807) is 0 Å². The first kappa shape index (κ1) is 13.0. The second-order valence-corrected chi connectivity index (χ2v) is 5.08. The number of carbonyl (C=O) groups is 1. The summed E-state index contributed by atoms with van der Waals surface area (Å²) in [4.78, 5) is 11.2. The summed E-state index contributed by atoms with van der Waals surface area (Å²) in [5.41, 5.74) is 1.82. The van der Waals surface area contributed by atoms with Gasteiger partial charge in [-0.05, 0) is 30.5 Å². The molecule has 0 N–H and O–H groups in total. The molecule has 0 bridgehead atoms. The molecule has 0 radical (unpaired) electrons. The van der Waals surface area contributed by atoms with Gasteiger partial charge >= 0.3 is 0 Å². The minimum absolute atomic E-state index is 0.284. The molecule has 1 nitrogen and oxygen atoms in total. The monoisotopic (exact) mass is 236 g/mol. The lowest BCUT2D eigenvalue weighted by molar-refractivity contribution is -0.118. The van der Waals surface area contributed by atoms with Crippen LogP contribution in [-0.2, 0) is 4.79 Å². The van der Waals surface area contributed by atoms with Crippen molar-refractivity contribution in [3.05, 3.63) is 41.5 Å². The third kappa shape index (κ3) is 3.82. The minimum Gasteiger partial charge on any atom is -0.281 e. The zero-order valence-corrected chi connectivity index (χ0v) is 10.7. The van der Waals surface area contributed by atoms with E-state index < -0.39 is 5.41 Å². The first-order valence-corrected chi connectivity index (χ1v) is 5.72. The van der Waals surface area contributed by atoms with E-state index in [0.717, 1.165) is 11.1 Å². The highest BCUT2D eigenvalue weighted by Gasteiger charge is 2.25. The van der Waals surface area contributed by atoms with Crippen molar-refractivity contribution in [3.63, 3.8) is 0 Å². The summed E-state index contributed by atoms with van der Waals surface area (Å²) in [5, 5.41) is -0.284. The maximum Gasteiger partial charge on any atom is 0.227 e. The fourth-order valence-corrected chi connectivity index (χ4v) is 1.72. The molecule has 0 aliphatic carbocycles. The van der Waals surface area contributed by atoms with E-state index in [1.807, 2.05) is 51.1 Å². The molecule has 16 heavy (non-hydrogen) atoms. The zero-order valence-electron chi connectivity index (χ0n) is 9.96. The van der Waals surface area contributed by atoms with Crippen LogP contribution in [0.1, 0.15) is 32.8 Å². The first-order valence-electron chi connectivity index (χ1n) is 5.34. The molecule has 0 fully saturated rings. The van der Waals surface area contributed by atoms with Crippen LogP contribution in [0.3, 0.4) is 0 Å². The predicted octanol–water partition coefficient (Wildman–Crippen LogP) is 4.27. The lowest BCUT2D eigenvalue weighted by Gasteiger charge is -2.19. The van der Waals surface area contributed by atoms with Gasteiger partial charge in [-0.2, -0.15) is 0 Å². The van der Waals surface area contributed by atoms with Crippen LogP contribution < -0.4 is 0 Å². The summed E-state index contributed by atoms with van der Waals surface area (Å²) in [6.07, 6.45) is 2.77. The summed E-state index contributed by atoms with van der Waals surface area (Å²) >= 11 is 5.55. The lowest BCUT2D eigenvalue weighted by atomic mass is 9.87. The Morgan fingerprint density at radius 3 is 2.38 bits per heavy atom. The molecular weight excluding hydrogens is 220 g/mol. The normalized spacial score (nSPS) is 12.6. The summed E-state index contributed by atoms with van der Waals surface area (Å²) in [7, 11) is 0. The van der Waals surface area contributed by atoms with Gasteiger partial charge in [0, 0.05) is 5.41 Å². The standard InChI is InChI=1S/C14H17ClO/c1-11(10-14(2,3)13(15)16)9-12-7-5-4-6-8-12/h4-9H,10H2,1-3H3/b11-9+. The van der Waals surface area contributed by atoms with Crippen LogP contribution in [0.15, 0.2) is 35.9 Å². The Labute approximate surface area is 102 Å². The van der Waals surface area contributed by atoms with E-state index >= 15 is 0 Å². The quantitative estimate of drug-likeness (QED) is 0.714. The number of allylic oxidation sites excluding steroid dienone is 1. The van der Waals surface area contributed by atoms with Crippen LogP contribution in [0, 0.1) is 5.41 Å². The van der Waals surface area contributed by atoms with Crippen LogP contribution in [0.25, 0.3) is 6.08 Å². The van der Waals surface area contributed by atoms with Crippen molar-refractivity contribution in [1.82, 2.24) is 0 Å². The van der Waals surface area contributed by atoms with Gasteiger partial charge in [0.05, 0.1) is 0 Å². The van der Waals surface area contributed by atoms with Crippen LogP contribution >= 0.6 is 11.6 Å². The molecule has 0 atom stereocenters. The molecule has 86 valence electrons. The maximum atomic E-state index is 11.2. The topological polar surface area (TPSA) is 17.1 Å². The second kappa shape index (κ2) is 5.31. The highest BCUT2D eigenvalue weighted by Crippen LogP contribution is 2.28. The van der Waals surface area contributed by atoms with E-state index in [4.69, 9.17) is 11.6 Å². The molecule has 0 aromatic heterocycles. The fourth-order valence-electron chi connectivity index (χ4n) is 1.65. The summed E-state index contributed by atoms with van der Waals surface area (Å²) in [5.74, 6) is 0. The Kier molecular flexibility index (Phi) is 4.31. The Morgan fingerprint density at radius 1 is 1.31 bits per heavy atom. The lowest BCUT2D eigenvalue weighted by Crippen LogP contribution is -2.19. The zero-order chi connectivity index (χ0) is 12.2. The van der Waals surface area contributed by atoms with E-state index in [-0.39, 0.29) is 5.24 Å². The first-order chi connectivity index (χ1) is 7.42. The third-order valence-electron chi connectivity index (χ3n) is 2.47. The van der Waals surface area contributed by atoms with E-state index in [2.05, 4.69) is 6.08 Å². The van der Waals surface area contributed by atoms with Gasteiger partial charge in [-0.15, -0.1) is 0 Å². The average molecular weight is 237 g/mol. The molecule has 0 spiro atoms. The number of rotatable bonds is 4. The van der Waals surface area contributed by atoms with Gasteiger partial charge in [-0.3, -0.25) is 4.79 Å². The van der Waals surface area contributed by atoms with Crippen LogP contribution in [-0.4, -0.2) is 5.24 Å². The van der Waals surface area contributed by atoms with Gasteiger partial charge in [0.15, 0.2) is 0 Å². The van der Waals surface area contributed by atoms with Crippen molar-refractivity contribution < 1.29 is 4.79 Å². The fraction of sp³-hybridized carbons (Fsp3) is 0.357. The van der Waals surface area contributed by atoms with Crippen LogP contribution in [0.2, 0.25) is 0 Å². The van der Waals surface area contributed by atoms with Crippen LogP contribution in [0.4, 0.5) is 0 Å². The number of carbonyl (C=O) groups excluding carboxylic acids is 1. The molecule has 1 aromatic carbocycles. The molecule has 0 saturated heterocycles. The summed E-state index contributed by atoms with van der Waals surface area (Å²) in [6, 6.07) is 10.1. The van der Waals surface area contributed by atoms with Crippen molar-refractivity contribution in [1.29, 1.82) is 0 Å². The van der Waals surface area contributed by atoms with Gasteiger partial charge in [-0.25, -0.2) is 0 Å². The number of hydrogen-bond donors (Lipinski definition) is 0. The molecule has 0 unspecified atom stereocenters. The number of hydrogen-bond acceptors (Lipinski definition) is 1. The van der Waals surface area contributed by atoms with Gasteiger partial charge in [0.2, 0.25) is 5.24 Å². The third-order valence-corrected chi connectivity index (χ3v) is 2.98. The number of benzene rings is 1. The maximum absolute atomic E-state index is 11.2. The van der Waals surface area contributed by atoms with E-state index in [9.17, 15) is 4.79 Å². The molecule has 1 rings (SSSR count). The molecule has 0 amide bonds. The SMILES string of the molecule is C/C(=C\c1ccccc1)CC(C)(C)C(=O)Cl. The molecule has 0 heterocycles. The average Bonchev–Trinajstić information content (AvgIpc) is 2.17. The Bertz CT molecular complexity index is 390. The van der Waals surface area contributed by atoms with Crippen molar-refractivity contribution in [2.45, 2.75) is 27.2 Å². The van der Waals surface area contributed by atoms with E-state index in [0.29, 0.717) is 6.42 Å². The van der Waals surface area contributed by atoms with Crippen molar-refractivity contribution in [2.24, 2.45) is 5.41 Å². The number of halogens is 1. The molecule has 0 aliphatic rings.